The maximum atomic E-state index is 12.7. The molecule has 10 nitrogen and oxygen atoms in total. The van der Waals surface area contributed by atoms with Crippen molar-refractivity contribution in [3.05, 3.63) is 47.5 Å². The highest BCUT2D eigenvalue weighted by Gasteiger charge is 2.54. The summed E-state index contributed by atoms with van der Waals surface area (Å²) in [7, 11) is 0. The molecule has 0 radical (unpaired) electrons. The monoisotopic (exact) mass is 447 g/mol. The van der Waals surface area contributed by atoms with Crippen LogP contribution in [0.15, 0.2) is 51.6 Å². The summed E-state index contributed by atoms with van der Waals surface area (Å²) < 4.78 is 5.05. The molecule has 2 aliphatic heterocycles. The number of β-lactam (4-membered cyclic amide) rings is 1. The molecule has 0 spiro atoms. The van der Waals surface area contributed by atoms with Crippen molar-refractivity contribution in [1.82, 2.24) is 20.4 Å². The topological polar surface area (TPSA) is 152 Å². The van der Waals surface area contributed by atoms with Crippen molar-refractivity contribution in [2.45, 2.75) is 23.1 Å². The van der Waals surface area contributed by atoms with Gasteiger partial charge in [-0.05, 0) is 17.2 Å². The largest absolute Gasteiger partial charge is 0.477 e. The molecule has 30 heavy (non-hydrogen) atoms. The molecular weight excluding hydrogens is 430 g/mol. The first-order valence-corrected chi connectivity index (χ1v) is 10.9. The number of rotatable bonds is 7. The number of nitrogens with two attached hydrogens (primary N) is 1. The van der Waals surface area contributed by atoms with Gasteiger partial charge in [0.1, 0.15) is 17.1 Å². The Morgan fingerprint density at radius 1 is 1.40 bits per heavy atom. The Hall–Kier alpha value is -2.99. The summed E-state index contributed by atoms with van der Waals surface area (Å²) in [4.78, 5) is 38.2. The van der Waals surface area contributed by atoms with Crippen LogP contribution in [0.4, 0.5) is 5.69 Å². The van der Waals surface area contributed by atoms with Gasteiger partial charge in [0.15, 0.2) is 0 Å². The normalized spacial score (nSPS) is 20.5. The molecule has 0 bridgehead atoms. The van der Waals surface area contributed by atoms with Crippen molar-refractivity contribution in [1.29, 1.82) is 0 Å². The van der Waals surface area contributed by atoms with E-state index in [9.17, 15) is 19.5 Å². The number of benzene rings is 1. The molecule has 3 heterocycles. The summed E-state index contributed by atoms with van der Waals surface area (Å²) in [5, 5.41) is 19.6. The van der Waals surface area contributed by atoms with E-state index in [1.54, 1.807) is 24.3 Å². The van der Waals surface area contributed by atoms with E-state index < -0.39 is 23.3 Å². The van der Waals surface area contributed by atoms with E-state index >= 15 is 0 Å². The van der Waals surface area contributed by atoms with Crippen molar-refractivity contribution in [3.8, 4) is 0 Å². The number of carboxylic acids is 1. The minimum absolute atomic E-state index is 0.0432. The van der Waals surface area contributed by atoms with E-state index in [1.807, 2.05) is 0 Å². The molecule has 1 fully saturated rings. The second-order valence-corrected chi connectivity index (χ2v) is 8.61. The van der Waals surface area contributed by atoms with E-state index in [2.05, 4.69) is 15.5 Å². The number of hydrogen-bond acceptors (Lipinski definition) is 9. The van der Waals surface area contributed by atoms with Gasteiger partial charge in [0, 0.05) is 17.2 Å². The minimum atomic E-state index is -1.18. The Kier molecular flexibility index (Phi) is 5.68. The zero-order chi connectivity index (χ0) is 21.3. The third-order valence-corrected chi connectivity index (χ3v) is 6.94. The Morgan fingerprint density at radius 2 is 2.20 bits per heavy atom. The summed E-state index contributed by atoms with van der Waals surface area (Å²) in [6, 6.07) is 6.23. The van der Waals surface area contributed by atoms with Gasteiger partial charge in [-0.2, -0.15) is 0 Å². The number of para-hydroxylation sites is 1. The number of aromatic nitrogens is 2. The van der Waals surface area contributed by atoms with Crippen LogP contribution in [-0.4, -0.2) is 60.9 Å². The van der Waals surface area contributed by atoms with E-state index in [-0.39, 0.29) is 18.0 Å². The summed E-state index contributed by atoms with van der Waals surface area (Å²) in [6.07, 6.45) is 1.23. The van der Waals surface area contributed by atoms with Crippen LogP contribution >= 0.6 is 23.5 Å². The Balaban J connectivity index is 1.44. The first-order chi connectivity index (χ1) is 14.5. The number of carbonyl (C=O) groups excluding carboxylic acids is 2. The van der Waals surface area contributed by atoms with Gasteiger partial charge in [-0.15, -0.1) is 22.0 Å². The molecule has 1 aromatic carbocycles. The molecule has 4 rings (SSSR count). The van der Waals surface area contributed by atoms with Crippen molar-refractivity contribution in [2.24, 2.45) is 0 Å². The first-order valence-electron chi connectivity index (χ1n) is 8.87. The highest BCUT2D eigenvalue weighted by molar-refractivity contribution is 8.01. The van der Waals surface area contributed by atoms with Crippen molar-refractivity contribution < 1.29 is 23.9 Å². The average Bonchev–Trinajstić information content (AvgIpc) is 3.25. The predicted molar refractivity (Wildman–Crippen MR) is 109 cm³/mol. The second-order valence-electron chi connectivity index (χ2n) is 6.58. The van der Waals surface area contributed by atoms with Crippen LogP contribution in [0.2, 0.25) is 0 Å². The van der Waals surface area contributed by atoms with E-state index in [0.717, 1.165) is 0 Å². The number of aliphatic carboxylic acids is 1. The number of thioether (sulfide) groups is 2. The van der Waals surface area contributed by atoms with Crippen molar-refractivity contribution in [2.75, 3.05) is 17.2 Å². The molecule has 1 unspecified atom stereocenters. The number of anilines is 1. The highest BCUT2D eigenvalue weighted by Crippen LogP contribution is 2.41. The number of fused-ring (bicyclic) bond motifs is 1. The summed E-state index contributed by atoms with van der Waals surface area (Å²) in [6.45, 7) is 0. The zero-order valence-electron chi connectivity index (χ0n) is 15.5. The lowest BCUT2D eigenvalue weighted by atomic mass is 10.0. The summed E-state index contributed by atoms with van der Waals surface area (Å²) >= 11 is 2.61. The van der Waals surface area contributed by atoms with Gasteiger partial charge in [0.2, 0.25) is 12.3 Å². The fourth-order valence-corrected chi connectivity index (χ4v) is 5.49. The lowest BCUT2D eigenvalue weighted by Crippen LogP contribution is -2.70. The molecule has 1 aromatic heterocycles. The summed E-state index contributed by atoms with van der Waals surface area (Å²) in [5.41, 5.74) is 7.57. The third-order valence-electron chi connectivity index (χ3n) is 4.68. The van der Waals surface area contributed by atoms with Crippen molar-refractivity contribution in [3.63, 3.8) is 0 Å². The number of nitrogens with one attached hydrogen (secondary N) is 1. The molecule has 0 saturated carbocycles. The number of hydrogen-bond donors (Lipinski definition) is 3. The lowest BCUT2D eigenvalue weighted by molar-refractivity contribution is -0.150. The van der Waals surface area contributed by atoms with Gasteiger partial charge < -0.3 is 20.6 Å². The van der Waals surface area contributed by atoms with Crippen LogP contribution in [0.5, 0.6) is 0 Å². The number of nitrogens with zero attached hydrogens (tertiary/aromatic N) is 3. The Bertz CT molecular complexity index is 1030. The highest BCUT2D eigenvalue weighted by atomic mass is 32.2. The standard InChI is InChI=1S/C18H17N5O5S2/c19-11-4-2-1-3-9(11)5-12(24)21-13-15(25)23-14(17(26)27)10(6-29-16(13)23)7-30-18-22-20-8-28-18/h1-4,8,13,16H,5-7,19H2,(H,21,24)(H,26,27)/t13?,16-/m0/s1. The van der Waals surface area contributed by atoms with Gasteiger partial charge in [-0.1, -0.05) is 30.0 Å². The SMILES string of the molecule is Nc1ccccc1CC(=O)NC1C(=O)N2C(C(=O)O)=C(CSc3nnco3)CS[C@@H]12. The van der Waals surface area contributed by atoms with Crippen LogP contribution in [0.25, 0.3) is 0 Å². The van der Waals surface area contributed by atoms with Crippen LogP contribution in [-0.2, 0) is 20.8 Å². The molecule has 2 aliphatic rings. The van der Waals surface area contributed by atoms with Gasteiger partial charge in [0.25, 0.3) is 11.1 Å². The van der Waals surface area contributed by atoms with E-state index in [1.165, 1.54) is 34.8 Å². The second kappa shape index (κ2) is 8.40. The Morgan fingerprint density at radius 3 is 2.90 bits per heavy atom. The zero-order valence-corrected chi connectivity index (χ0v) is 17.1. The smallest absolute Gasteiger partial charge is 0.352 e. The quantitative estimate of drug-likeness (QED) is 0.314. The molecular formula is C18H17N5O5S2. The van der Waals surface area contributed by atoms with Gasteiger partial charge in [0.05, 0.1) is 6.42 Å². The van der Waals surface area contributed by atoms with Gasteiger partial charge >= 0.3 is 5.97 Å². The molecule has 1 saturated heterocycles. The van der Waals surface area contributed by atoms with Gasteiger partial charge in [-0.25, -0.2) is 4.79 Å². The Labute approximate surface area is 179 Å². The summed E-state index contributed by atoms with van der Waals surface area (Å²) in [5.74, 6) is -1.26. The molecule has 12 heteroatoms. The number of amides is 2. The molecule has 0 aliphatic carbocycles. The predicted octanol–water partition coefficient (Wildman–Crippen LogP) is 0.725. The van der Waals surface area contributed by atoms with Crippen LogP contribution in [0, 0.1) is 0 Å². The fraction of sp³-hybridized carbons (Fsp3) is 0.278. The molecule has 2 atom stereocenters. The minimum Gasteiger partial charge on any atom is -0.477 e. The fourth-order valence-electron chi connectivity index (χ4n) is 3.26. The number of carboxylic acid groups (broad SMARTS) is 1. The van der Waals surface area contributed by atoms with E-state index in [4.69, 9.17) is 10.2 Å². The molecule has 2 amide bonds. The average molecular weight is 447 g/mol. The maximum absolute atomic E-state index is 12.7. The molecule has 156 valence electrons. The lowest BCUT2D eigenvalue weighted by Gasteiger charge is -2.49. The van der Waals surface area contributed by atoms with Crippen LogP contribution in [0.1, 0.15) is 5.56 Å². The first kappa shape index (κ1) is 20.3. The van der Waals surface area contributed by atoms with Crippen LogP contribution in [0.3, 0.4) is 0 Å². The molecule has 2 aromatic rings. The maximum Gasteiger partial charge on any atom is 0.352 e. The van der Waals surface area contributed by atoms with Gasteiger partial charge in [-0.3, -0.25) is 14.5 Å². The molecule has 4 N–H and O–H groups in total. The van der Waals surface area contributed by atoms with E-state index in [0.29, 0.717) is 33.6 Å². The van der Waals surface area contributed by atoms with Crippen molar-refractivity contribution >= 4 is 47.0 Å². The van der Waals surface area contributed by atoms with Crippen LogP contribution < -0.4 is 11.1 Å². The number of nitrogen functional groups attached to an aromatic ring is 1. The third kappa shape index (κ3) is 3.87. The number of carbonyl (C=O) groups is 3.